The molecular formula is C15H20N2. The quantitative estimate of drug-likeness (QED) is 0.824. The molecule has 1 saturated carbocycles. The number of allylic oxidation sites excluding steroid dienone is 4. The smallest absolute Gasteiger partial charge is 0.0921 e. The highest BCUT2D eigenvalue weighted by Gasteiger charge is 2.41. The standard InChI is InChI=1S/C15H20N2/c1-15-8-3-2-5-12(15)6-4-7-13(15)9-14-10-16-11-17-14/h2-3,5,8,10-13H,4,6-7,9H2,1H3,(H,16,17). The molecule has 3 rings (SSSR count). The Bertz CT molecular complexity index is 430. The van der Waals surface area contributed by atoms with Crippen LogP contribution in [0.1, 0.15) is 31.9 Å². The zero-order chi connectivity index (χ0) is 11.7. The molecule has 1 aromatic heterocycles. The molecule has 3 atom stereocenters. The van der Waals surface area contributed by atoms with Gasteiger partial charge in [0.15, 0.2) is 0 Å². The summed E-state index contributed by atoms with van der Waals surface area (Å²) in [7, 11) is 0. The molecule has 2 aliphatic carbocycles. The van der Waals surface area contributed by atoms with Gasteiger partial charge in [-0.05, 0) is 36.5 Å². The molecule has 0 aliphatic heterocycles. The second-order valence-electron chi connectivity index (χ2n) is 5.63. The molecule has 0 spiro atoms. The summed E-state index contributed by atoms with van der Waals surface area (Å²) in [4.78, 5) is 7.37. The van der Waals surface area contributed by atoms with Crippen molar-refractivity contribution in [3.05, 3.63) is 42.5 Å². The Balaban J connectivity index is 1.83. The van der Waals surface area contributed by atoms with Crippen molar-refractivity contribution in [1.29, 1.82) is 0 Å². The minimum atomic E-state index is 0.345. The van der Waals surface area contributed by atoms with Crippen LogP contribution in [-0.4, -0.2) is 9.97 Å². The summed E-state index contributed by atoms with van der Waals surface area (Å²) in [5.41, 5.74) is 1.62. The van der Waals surface area contributed by atoms with Gasteiger partial charge in [0.25, 0.3) is 0 Å². The maximum Gasteiger partial charge on any atom is 0.0921 e. The molecule has 0 amide bonds. The van der Waals surface area contributed by atoms with Gasteiger partial charge in [0, 0.05) is 11.9 Å². The van der Waals surface area contributed by atoms with E-state index in [0.29, 0.717) is 5.41 Å². The first-order valence-corrected chi connectivity index (χ1v) is 6.62. The first-order chi connectivity index (χ1) is 8.29. The van der Waals surface area contributed by atoms with E-state index in [0.717, 1.165) is 18.3 Å². The van der Waals surface area contributed by atoms with Crippen LogP contribution in [0.3, 0.4) is 0 Å². The molecule has 0 bridgehead atoms. The average molecular weight is 228 g/mol. The Kier molecular flexibility index (Phi) is 2.65. The van der Waals surface area contributed by atoms with Crippen molar-refractivity contribution < 1.29 is 0 Å². The highest BCUT2D eigenvalue weighted by atomic mass is 14.9. The van der Waals surface area contributed by atoms with Crippen molar-refractivity contribution in [2.45, 2.75) is 32.6 Å². The lowest BCUT2D eigenvalue weighted by atomic mass is 9.59. The Morgan fingerprint density at radius 1 is 1.41 bits per heavy atom. The van der Waals surface area contributed by atoms with Crippen molar-refractivity contribution >= 4 is 0 Å². The van der Waals surface area contributed by atoms with Gasteiger partial charge < -0.3 is 4.98 Å². The second kappa shape index (κ2) is 4.17. The number of nitrogens with one attached hydrogen (secondary N) is 1. The van der Waals surface area contributed by atoms with E-state index < -0.39 is 0 Å². The number of rotatable bonds is 2. The van der Waals surface area contributed by atoms with Gasteiger partial charge in [-0.2, -0.15) is 0 Å². The van der Waals surface area contributed by atoms with Crippen molar-refractivity contribution in [3.8, 4) is 0 Å². The monoisotopic (exact) mass is 228 g/mol. The molecule has 2 nitrogen and oxygen atoms in total. The average Bonchev–Trinajstić information content (AvgIpc) is 2.83. The number of hydrogen-bond donors (Lipinski definition) is 1. The van der Waals surface area contributed by atoms with E-state index in [1.807, 2.05) is 6.20 Å². The summed E-state index contributed by atoms with van der Waals surface area (Å²) in [6, 6.07) is 0. The van der Waals surface area contributed by atoms with Crippen molar-refractivity contribution in [1.82, 2.24) is 9.97 Å². The zero-order valence-corrected chi connectivity index (χ0v) is 10.4. The normalized spacial score (nSPS) is 35.8. The fourth-order valence-corrected chi connectivity index (χ4v) is 3.52. The fourth-order valence-electron chi connectivity index (χ4n) is 3.52. The molecule has 2 heteroatoms. The first-order valence-electron chi connectivity index (χ1n) is 6.62. The van der Waals surface area contributed by atoms with Crippen molar-refractivity contribution in [3.63, 3.8) is 0 Å². The van der Waals surface area contributed by atoms with Gasteiger partial charge in [-0.3, -0.25) is 0 Å². The number of imidazole rings is 1. The molecule has 1 heterocycles. The maximum absolute atomic E-state index is 4.13. The minimum Gasteiger partial charge on any atom is -0.348 e. The number of hydrogen-bond acceptors (Lipinski definition) is 1. The lowest BCUT2D eigenvalue weighted by Crippen LogP contribution is -2.38. The molecule has 0 radical (unpaired) electrons. The van der Waals surface area contributed by atoms with E-state index >= 15 is 0 Å². The number of aromatic nitrogens is 2. The van der Waals surface area contributed by atoms with Crippen LogP contribution in [0.5, 0.6) is 0 Å². The predicted molar refractivity (Wildman–Crippen MR) is 69.5 cm³/mol. The van der Waals surface area contributed by atoms with Gasteiger partial charge >= 0.3 is 0 Å². The maximum atomic E-state index is 4.13. The second-order valence-corrected chi connectivity index (χ2v) is 5.63. The van der Waals surface area contributed by atoms with Gasteiger partial charge in [-0.1, -0.05) is 37.6 Å². The molecule has 0 saturated heterocycles. The molecule has 1 fully saturated rings. The van der Waals surface area contributed by atoms with Gasteiger partial charge in [0.05, 0.1) is 6.33 Å². The van der Waals surface area contributed by atoms with Gasteiger partial charge in [0.2, 0.25) is 0 Å². The van der Waals surface area contributed by atoms with E-state index in [4.69, 9.17) is 0 Å². The van der Waals surface area contributed by atoms with Crippen molar-refractivity contribution in [2.75, 3.05) is 0 Å². The van der Waals surface area contributed by atoms with Crippen LogP contribution in [0.2, 0.25) is 0 Å². The number of fused-ring (bicyclic) bond motifs is 1. The molecule has 90 valence electrons. The van der Waals surface area contributed by atoms with Crippen LogP contribution >= 0.6 is 0 Å². The number of nitrogens with zero attached hydrogens (tertiary/aromatic N) is 1. The number of H-pyrrole nitrogens is 1. The molecule has 2 aliphatic rings. The third kappa shape index (κ3) is 1.86. The lowest BCUT2D eigenvalue weighted by molar-refractivity contribution is 0.117. The van der Waals surface area contributed by atoms with Crippen LogP contribution in [0.4, 0.5) is 0 Å². The third-order valence-electron chi connectivity index (χ3n) is 4.68. The summed E-state index contributed by atoms with van der Waals surface area (Å²) in [5, 5.41) is 0. The topological polar surface area (TPSA) is 28.7 Å². The van der Waals surface area contributed by atoms with Crippen LogP contribution in [0.15, 0.2) is 36.8 Å². The Hall–Kier alpha value is -1.31. The molecule has 3 unspecified atom stereocenters. The third-order valence-corrected chi connectivity index (χ3v) is 4.68. The van der Waals surface area contributed by atoms with E-state index in [-0.39, 0.29) is 0 Å². The van der Waals surface area contributed by atoms with E-state index in [2.05, 4.69) is 41.2 Å². The molecular weight excluding hydrogens is 208 g/mol. The van der Waals surface area contributed by atoms with Crippen LogP contribution in [0.25, 0.3) is 0 Å². The molecule has 0 aromatic carbocycles. The van der Waals surface area contributed by atoms with E-state index in [9.17, 15) is 0 Å². The Morgan fingerprint density at radius 2 is 2.35 bits per heavy atom. The van der Waals surface area contributed by atoms with E-state index in [1.165, 1.54) is 25.0 Å². The first kappa shape index (κ1) is 10.8. The zero-order valence-electron chi connectivity index (χ0n) is 10.4. The minimum absolute atomic E-state index is 0.345. The van der Waals surface area contributed by atoms with E-state index in [1.54, 1.807) is 6.33 Å². The summed E-state index contributed by atoms with van der Waals surface area (Å²) in [6.45, 7) is 2.43. The highest BCUT2D eigenvalue weighted by molar-refractivity contribution is 5.22. The lowest BCUT2D eigenvalue weighted by Gasteiger charge is -2.46. The van der Waals surface area contributed by atoms with Crippen LogP contribution in [0, 0.1) is 17.3 Å². The Labute approximate surface area is 103 Å². The predicted octanol–water partition coefficient (Wildman–Crippen LogP) is 3.50. The summed E-state index contributed by atoms with van der Waals surface area (Å²) in [6.07, 6.45) is 18.2. The fraction of sp³-hybridized carbons (Fsp3) is 0.533. The largest absolute Gasteiger partial charge is 0.348 e. The van der Waals surface area contributed by atoms with Crippen LogP contribution < -0.4 is 0 Å². The van der Waals surface area contributed by atoms with Gasteiger partial charge in [-0.15, -0.1) is 0 Å². The SMILES string of the molecule is CC12C=CC=CC1CCCC2Cc1cnc[nH]1. The Morgan fingerprint density at radius 3 is 3.18 bits per heavy atom. The molecule has 1 aromatic rings. The molecule has 17 heavy (non-hydrogen) atoms. The summed E-state index contributed by atoms with van der Waals surface area (Å²) in [5.74, 6) is 1.47. The summed E-state index contributed by atoms with van der Waals surface area (Å²) < 4.78 is 0. The van der Waals surface area contributed by atoms with Crippen LogP contribution in [-0.2, 0) is 6.42 Å². The van der Waals surface area contributed by atoms with Gasteiger partial charge in [-0.25, -0.2) is 4.98 Å². The molecule has 1 N–H and O–H groups in total. The highest BCUT2D eigenvalue weighted by Crippen LogP contribution is 2.49. The summed E-state index contributed by atoms with van der Waals surface area (Å²) >= 11 is 0. The van der Waals surface area contributed by atoms with Gasteiger partial charge in [0.1, 0.15) is 0 Å². The number of aromatic amines is 1. The van der Waals surface area contributed by atoms with Crippen molar-refractivity contribution in [2.24, 2.45) is 17.3 Å².